The number of rotatable bonds is 12. The maximum absolute atomic E-state index is 12.6. The van der Waals surface area contributed by atoms with Gasteiger partial charge in [0.2, 0.25) is 5.91 Å². The molecule has 34 heavy (non-hydrogen) atoms. The minimum atomic E-state index is -0.375. The summed E-state index contributed by atoms with van der Waals surface area (Å²) in [7, 11) is 3.28. The smallest absolute Gasteiger partial charge is 0.273 e. The van der Waals surface area contributed by atoms with Crippen LogP contribution in [0, 0.1) is 0 Å². The molecule has 0 aliphatic rings. The monoisotopic (exact) mass is 466 g/mol. The van der Waals surface area contributed by atoms with Crippen LogP contribution in [0.4, 0.5) is 0 Å². The molecule has 1 amide bonds. The quantitative estimate of drug-likeness (QED) is 0.409. The van der Waals surface area contributed by atoms with Crippen molar-refractivity contribution in [2.45, 2.75) is 26.3 Å². The lowest BCUT2D eigenvalue weighted by Gasteiger charge is -2.17. The van der Waals surface area contributed by atoms with E-state index in [0.29, 0.717) is 49.3 Å². The van der Waals surface area contributed by atoms with Crippen LogP contribution < -0.4 is 15.0 Å². The van der Waals surface area contributed by atoms with Crippen LogP contribution >= 0.6 is 0 Å². The van der Waals surface area contributed by atoms with Crippen LogP contribution in [0.5, 0.6) is 11.5 Å². The predicted molar refractivity (Wildman–Crippen MR) is 128 cm³/mol. The van der Waals surface area contributed by atoms with Crippen molar-refractivity contribution in [1.82, 2.24) is 20.1 Å². The number of benzene rings is 2. The third-order valence-electron chi connectivity index (χ3n) is 5.16. The molecule has 1 aromatic heterocycles. The van der Waals surface area contributed by atoms with Crippen LogP contribution in [0.15, 0.2) is 53.3 Å². The fourth-order valence-electron chi connectivity index (χ4n) is 3.30. The summed E-state index contributed by atoms with van der Waals surface area (Å²) in [5, 5.41) is 8.21. The molecule has 1 heterocycles. The molecule has 0 aliphatic carbocycles. The standard InChI is InChI=1S/C25H30N4O5/c1-4-33-14-15-34-21-12-10-19(16-22(21)32-3)24-26-25(31)20(27-28-24)11-13-23(30)29(2)17-18-8-6-5-7-9-18/h5-10,12,16H,4,11,13-15,17H2,1-3H3,(H,26,28,31). The molecule has 3 rings (SSSR count). The number of aromatic amines is 1. The summed E-state index contributed by atoms with van der Waals surface area (Å²) in [6, 6.07) is 15.0. The van der Waals surface area contributed by atoms with Crippen LogP contribution in [-0.4, -0.2) is 60.0 Å². The van der Waals surface area contributed by atoms with E-state index in [9.17, 15) is 9.59 Å². The number of hydrogen-bond acceptors (Lipinski definition) is 7. The van der Waals surface area contributed by atoms with E-state index in [2.05, 4.69) is 15.2 Å². The molecule has 9 heteroatoms. The molecule has 9 nitrogen and oxygen atoms in total. The Morgan fingerprint density at radius 1 is 1.06 bits per heavy atom. The number of amides is 1. The van der Waals surface area contributed by atoms with Crippen LogP contribution in [0.3, 0.4) is 0 Å². The van der Waals surface area contributed by atoms with Gasteiger partial charge in [-0.3, -0.25) is 9.59 Å². The highest BCUT2D eigenvalue weighted by atomic mass is 16.5. The maximum Gasteiger partial charge on any atom is 0.273 e. The lowest BCUT2D eigenvalue weighted by Crippen LogP contribution is -2.27. The van der Waals surface area contributed by atoms with E-state index >= 15 is 0 Å². The molecule has 0 unspecified atom stereocenters. The highest BCUT2D eigenvalue weighted by Gasteiger charge is 2.14. The summed E-state index contributed by atoms with van der Waals surface area (Å²) < 4.78 is 16.4. The van der Waals surface area contributed by atoms with Crippen molar-refractivity contribution < 1.29 is 19.0 Å². The first-order valence-corrected chi connectivity index (χ1v) is 11.1. The summed E-state index contributed by atoms with van der Waals surface area (Å²) in [6.07, 6.45) is 0.374. The van der Waals surface area contributed by atoms with Crippen molar-refractivity contribution in [3.05, 3.63) is 70.1 Å². The van der Waals surface area contributed by atoms with Gasteiger partial charge in [0.15, 0.2) is 17.3 Å². The van der Waals surface area contributed by atoms with Gasteiger partial charge in [-0.25, -0.2) is 0 Å². The highest BCUT2D eigenvalue weighted by molar-refractivity contribution is 5.76. The van der Waals surface area contributed by atoms with Crippen molar-refractivity contribution in [2.75, 3.05) is 34.0 Å². The average molecular weight is 467 g/mol. The summed E-state index contributed by atoms with van der Waals surface area (Å²) in [6.45, 7) is 3.93. The van der Waals surface area contributed by atoms with Gasteiger partial charge in [-0.15, -0.1) is 10.2 Å². The van der Waals surface area contributed by atoms with Gasteiger partial charge >= 0.3 is 0 Å². The number of aryl methyl sites for hydroxylation is 1. The maximum atomic E-state index is 12.6. The van der Waals surface area contributed by atoms with E-state index in [1.807, 2.05) is 37.3 Å². The fraction of sp³-hybridized carbons (Fsp3) is 0.360. The van der Waals surface area contributed by atoms with Crippen molar-refractivity contribution in [1.29, 1.82) is 0 Å². The Hall–Kier alpha value is -3.72. The van der Waals surface area contributed by atoms with E-state index in [0.717, 1.165) is 5.56 Å². The predicted octanol–water partition coefficient (Wildman–Crippen LogP) is 2.85. The number of nitrogens with one attached hydrogen (secondary N) is 1. The van der Waals surface area contributed by atoms with E-state index in [-0.39, 0.29) is 30.0 Å². The topological polar surface area (TPSA) is 107 Å². The van der Waals surface area contributed by atoms with Gasteiger partial charge in [-0.05, 0) is 30.7 Å². The Morgan fingerprint density at radius 2 is 1.85 bits per heavy atom. The number of nitrogens with zero attached hydrogens (tertiary/aromatic N) is 3. The van der Waals surface area contributed by atoms with E-state index in [1.165, 1.54) is 7.11 Å². The molecule has 2 aromatic carbocycles. The first kappa shape index (κ1) is 24.9. The Kier molecular flexibility index (Phi) is 9.16. The first-order chi connectivity index (χ1) is 16.5. The number of methoxy groups -OCH3 is 1. The molecule has 0 saturated carbocycles. The fourth-order valence-corrected chi connectivity index (χ4v) is 3.30. The molecule has 3 aromatic rings. The SMILES string of the molecule is CCOCCOc1ccc(-c2nnc(CCC(=O)N(C)Cc3ccccc3)c(=O)[nH]2)cc1OC. The zero-order chi connectivity index (χ0) is 24.3. The normalized spacial score (nSPS) is 10.7. The first-order valence-electron chi connectivity index (χ1n) is 11.1. The van der Waals surface area contributed by atoms with Gasteiger partial charge < -0.3 is 24.1 Å². The minimum absolute atomic E-state index is 0.0706. The largest absolute Gasteiger partial charge is 0.493 e. The minimum Gasteiger partial charge on any atom is -0.493 e. The third kappa shape index (κ3) is 6.89. The van der Waals surface area contributed by atoms with Gasteiger partial charge in [0.25, 0.3) is 5.56 Å². The molecule has 0 atom stereocenters. The third-order valence-corrected chi connectivity index (χ3v) is 5.16. The van der Waals surface area contributed by atoms with Gasteiger partial charge in [-0.2, -0.15) is 0 Å². The van der Waals surface area contributed by atoms with E-state index < -0.39 is 0 Å². The Balaban J connectivity index is 1.62. The second-order valence-electron chi connectivity index (χ2n) is 7.60. The molecule has 0 bridgehead atoms. The van der Waals surface area contributed by atoms with Crippen molar-refractivity contribution in [2.24, 2.45) is 0 Å². The second-order valence-corrected chi connectivity index (χ2v) is 7.60. The molecular formula is C25H30N4O5. The molecule has 0 fully saturated rings. The van der Waals surface area contributed by atoms with Crippen LogP contribution in [0.1, 0.15) is 24.6 Å². The van der Waals surface area contributed by atoms with Crippen molar-refractivity contribution in [3.63, 3.8) is 0 Å². The van der Waals surface area contributed by atoms with Crippen molar-refractivity contribution in [3.8, 4) is 22.9 Å². The van der Waals surface area contributed by atoms with Gasteiger partial charge in [0.1, 0.15) is 12.3 Å². The van der Waals surface area contributed by atoms with Crippen molar-refractivity contribution >= 4 is 5.91 Å². The lowest BCUT2D eigenvalue weighted by molar-refractivity contribution is -0.130. The van der Waals surface area contributed by atoms with Gasteiger partial charge in [0, 0.05) is 38.6 Å². The highest BCUT2D eigenvalue weighted by Crippen LogP contribution is 2.31. The molecular weight excluding hydrogens is 436 g/mol. The van der Waals surface area contributed by atoms with Crippen LogP contribution in [0.2, 0.25) is 0 Å². The number of aromatic nitrogens is 3. The van der Waals surface area contributed by atoms with Crippen LogP contribution in [-0.2, 0) is 22.5 Å². The molecule has 180 valence electrons. The second kappa shape index (κ2) is 12.5. The molecule has 1 N–H and O–H groups in total. The van der Waals surface area contributed by atoms with Gasteiger partial charge in [-0.1, -0.05) is 30.3 Å². The van der Waals surface area contributed by atoms with E-state index in [1.54, 1.807) is 30.1 Å². The number of hydrogen-bond donors (Lipinski definition) is 1. The zero-order valence-electron chi connectivity index (χ0n) is 19.7. The average Bonchev–Trinajstić information content (AvgIpc) is 2.86. The van der Waals surface area contributed by atoms with Crippen LogP contribution in [0.25, 0.3) is 11.4 Å². The number of H-pyrrole nitrogens is 1. The number of carbonyl (C=O) groups excluding carboxylic acids is 1. The molecule has 0 spiro atoms. The Labute approximate surface area is 198 Å². The molecule has 0 aliphatic heterocycles. The Morgan fingerprint density at radius 3 is 2.56 bits per heavy atom. The van der Waals surface area contributed by atoms with Gasteiger partial charge in [0.05, 0.1) is 13.7 Å². The summed E-state index contributed by atoms with van der Waals surface area (Å²) in [5.41, 5.74) is 1.51. The van der Waals surface area contributed by atoms with E-state index in [4.69, 9.17) is 14.2 Å². The summed E-state index contributed by atoms with van der Waals surface area (Å²) in [5.74, 6) is 1.31. The Bertz CT molecular complexity index is 1130. The summed E-state index contributed by atoms with van der Waals surface area (Å²) >= 11 is 0. The summed E-state index contributed by atoms with van der Waals surface area (Å²) in [4.78, 5) is 29.4. The number of ether oxygens (including phenoxy) is 3. The zero-order valence-corrected chi connectivity index (χ0v) is 19.7. The number of carbonyl (C=O) groups is 1. The lowest BCUT2D eigenvalue weighted by atomic mass is 10.1. The molecule has 0 radical (unpaired) electrons. The molecule has 0 saturated heterocycles.